The summed E-state index contributed by atoms with van der Waals surface area (Å²) in [6.45, 7) is 3.03. The van der Waals surface area contributed by atoms with Crippen molar-refractivity contribution >= 4 is 28.8 Å². The maximum Gasteiger partial charge on any atom is 0.314 e. The van der Waals surface area contributed by atoms with Gasteiger partial charge in [-0.1, -0.05) is 18.7 Å². The first kappa shape index (κ1) is 12.2. The zero-order chi connectivity index (χ0) is 10.3. The van der Waals surface area contributed by atoms with Crippen LogP contribution in [0.15, 0.2) is 0 Å². The third-order valence-corrected chi connectivity index (χ3v) is 1.94. The van der Waals surface area contributed by atoms with Crippen LogP contribution in [0.5, 0.6) is 0 Å². The summed E-state index contributed by atoms with van der Waals surface area (Å²) >= 11 is 1.04. The lowest BCUT2D eigenvalue weighted by atomic mass is 10.5. The number of esters is 2. The van der Waals surface area contributed by atoms with Crippen molar-refractivity contribution in [3.05, 3.63) is 0 Å². The molecule has 0 aliphatic carbocycles. The van der Waals surface area contributed by atoms with E-state index in [0.717, 1.165) is 11.8 Å². The molecule has 0 aliphatic heterocycles. The van der Waals surface area contributed by atoms with Gasteiger partial charge in [0, 0.05) is 19.1 Å². The Morgan fingerprint density at radius 2 is 1.85 bits per heavy atom. The smallest absolute Gasteiger partial charge is 0.314 e. The van der Waals surface area contributed by atoms with Crippen LogP contribution in [0, 0.1) is 0 Å². The molecule has 0 rings (SSSR count). The molecule has 0 radical (unpaired) electrons. The van der Waals surface area contributed by atoms with Gasteiger partial charge in [0.15, 0.2) is 5.12 Å². The van der Waals surface area contributed by atoms with Crippen LogP contribution in [0.4, 0.5) is 0 Å². The summed E-state index contributed by atoms with van der Waals surface area (Å²) in [6, 6.07) is 0. The molecular weight excluding hydrogens is 192 g/mol. The number of hydrogen-bond donors (Lipinski definition) is 0. The van der Waals surface area contributed by atoms with E-state index in [2.05, 4.69) is 4.74 Å². The number of rotatable bonds is 4. The lowest BCUT2D eigenvalue weighted by Gasteiger charge is -1.99. The Hall–Kier alpha value is -0.840. The molecule has 5 heteroatoms. The highest BCUT2D eigenvalue weighted by molar-refractivity contribution is 8.13. The predicted molar refractivity (Wildman–Crippen MR) is 49.1 cm³/mol. The molecular formula is C8H12O4S. The summed E-state index contributed by atoms with van der Waals surface area (Å²) in [5, 5.41) is -0.0466. The van der Waals surface area contributed by atoms with Gasteiger partial charge in [0.1, 0.15) is 0 Å². The van der Waals surface area contributed by atoms with Crippen molar-refractivity contribution in [2.45, 2.75) is 26.7 Å². The van der Waals surface area contributed by atoms with Crippen LogP contribution in [0.2, 0.25) is 0 Å². The van der Waals surface area contributed by atoms with Gasteiger partial charge in [-0.3, -0.25) is 14.4 Å². The van der Waals surface area contributed by atoms with Crippen molar-refractivity contribution < 1.29 is 19.1 Å². The zero-order valence-corrected chi connectivity index (χ0v) is 8.48. The van der Waals surface area contributed by atoms with E-state index >= 15 is 0 Å². The van der Waals surface area contributed by atoms with Gasteiger partial charge in [-0.15, -0.1) is 0 Å². The van der Waals surface area contributed by atoms with E-state index in [-0.39, 0.29) is 18.0 Å². The Morgan fingerprint density at radius 3 is 2.31 bits per heavy atom. The molecule has 0 spiro atoms. The van der Waals surface area contributed by atoms with Crippen molar-refractivity contribution in [3.63, 3.8) is 0 Å². The van der Waals surface area contributed by atoms with E-state index < -0.39 is 11.9 Å². The van der Waals surface area contributed by atoms with E-state index in [1.807, 2.05) is 0 Å². The third kappa shape index (κ3) is 7.52. The Morgan fingerprint density at radius 1 is 1.23 bits per heavy atom. The first-order valence-corrected chi connectivity index (χ1v) is 4.91. The van der Waals surface area contributed by atoms with Gasteiger partial charge in [0.25, 0.3) is 0 Å². The molecule has 0 heterocycles. The van der Waals surface area contributed by atoms with Crippen LogP contribution in [-0.4, -0.2) is 22.8 Å². The number of hydrogen-bond acceptors (Lipinski definition) is 5. The molecule has 0 atom stereocenters. The van der Waals surface area contributed by atoms with Crippen molar-refractivity contribution in [1.29, 1.82) is 0 Å². The molecule has 0 N–H and O–H groups in total. The van der Waals surface area contributed by atoms with Gasteiger partial charge in [0.05, 0.1) is 6.42 Å². The number of ether oxygens (including phenoxy) is 1. The quantitative estimate of drug-likeness (QED) is 0.507. The zero-order valence-electron chi connectivity index (χ0n) is 7.66. The van der Waals surface area contributed by atoms with Gasteiger partial charge in [-0.05, 0) is 0 Å². The average Bonchev–Trinajstić information content (AvgIpc) is 2.03. The summed E-state index contributed by atoms with van der Waals surface area (Å²) in [4.78, 5) is 31.9. The standard InChI is InChI=1S/C8H12O4S/c1-3-7(10)12-8(11)4-5-13-6(2)9/h3-5H2,1-2H3. The highest BCUT2D eigenvalue weighted by Gasteiger charge is 2.08. The minimum absolute atomic E-state index is 0.0466. The Kier molecular flexibility index (Phi) is 6.22. The molecule has 0 saturated carbocycles. The average molecular weight is 204 g/mol. The summed E-state index contributed by atoms with van der Waals surface area (Å²) < 4.78 is 4.38. The van der Waals surface area contributed by atoms with Gasteiger partial charge >= 0.3 is 11.9 Å². The van der Waals surface area contributed by atoms with Crippen molar-refractivity contribution in [2.75, 3.05) is 5.75 Å². The molecule has 0 aromatic carbocycles. The van der Waals surface area contributed by atoms with Crippen molar-refractivity contribution in [3.8, 4) is 0 Å². The second-order valence-corrected chi connectivity index (χ2v) is 3.56. The van der Waals surface area contributed by atoms with Crippen molar-refractivity contribution in [2.24, 2.45) is 0 Å². The maximum absolute atomic E-state index is 10.8. The molecule has 0 aliphatic rings. The number of carbonyl (C=O) groups excluding carboxylic acids is 3. The third-order valence-electron chi connectivity index (χ3n) is 1.13. The summed E-state index contributed by atoms with van der Waals surface area (Å²) in [5.41, 5.74) is 0. The summed E-state index contributed by atoms with van der Waals surface area (Å²) in [6.07, 6.45) is 0.279. The molecule has 74 valence electrons. The second kappa shape index (κ2) is 6.65. The summed E-state index contributed by atoms with van der Waals surface area (Å²) in [5.74, 6) is -0.732. The highest BCUT2D eigenvalue weighted by atomic mass is 32.2. The number of thioether (sulfide) groups is 1. The molecule has 13 heavy (non-hydrogen) atoms. The molecule has 0 unspecified atom stereocenters. The normalized spacial score (nSPS) is 9.38. The monoisotopic (exact) mass is 204 g/mol. The van der Waals surface area contributed by atoms with Crippen LogP contribution in [0.1, 0.15) is 26.7 Å². The first-order chi connectivity index (χ1) is 6.06. The van der Waals surface area contributed by atoms with E-state index in [1.54, 1.807) is 6.92 Å². The van der Waals surface area contributed by atoms with E-state index in [4.69, 9.17) is 0 Å². The molecule has 0 aromatic rings. The second-order valence-electron chi connectivity index (χ2n) is 2.29. The van der Waals surface area contributed by atoms with E-state index in [9.17, 15) is 14.4 Å². The highest BCUT2D eigenvalue weighted by Crippen LogP contribution is 2.04. The Bertz CT molecular complexity index is 212. The Labute approximate surface area is 81.0 Å². The minimum atomic E-state index is -0.569. The SMILES string of the molecule is CCC(=O)OC(=O)CCSC(C)=O. The van der Waals surface area contributed by atoms with Crippen molar-refractivity contribution in [1.82, 2.24) is 0 Å². The molecule has 0 fully saturated rings. The van der Waals surface area contributed by atoms with Crippen LogP contribution < -0.4 is 0 Å². The van der Waals surface area contributed by atoms with Crippen LogP contribution in [0.25, 0.3) is 0 Å². The molecule has 4 nitrogen and oxygen atoms in total. The van der Waals surface area contributed by atoms with Crippen LogP contribution in [0.3, 0.4) is 0 Å². The topological polar surface area (TPSA) is 60.4 Å². The summed E-state index contributed by atoms with van der Waals surface area (Å²) in [7, 11) is 0. The van der Waals surface area contributed by atoms with Crippen LogP contribution >= 0.6 is 11.8 Å². The lowest BCUT2D eigenvalue weighted by molar-refractivity contribution is -0.159. The van der Waals surface area contributed by atoms with E-state index in [0.29, 0.717) is 5.75 Å². The molecule has 0 bridgehead atoms. The fraction of sp³-hybridized carbons (Fsp3) is 0.625. The Balaban J connectivity index is 3.52. The van der Waals surface area contributed by atoms with Gasteiger partial charge in [-0.25, -0.2) is 0 Å². The fourth-order valence-corrected chi connectivity index (χ4v) is 1.08. The predicted octanol–water partition coefficient (Wildman–Crippen LogP) is 1.14. The molecule has 0 amide bonds. The lowest BCUT2D eigenvalue weighted by Crippen LogP contribution is -2.11. The largest absolute Gasteiger partial charge is 0.393 e. The molecule has 0 aromatic heterocycles. The fourth-order valence-electron chi connectivity index (χ4n) is 0.528. The number of carbonyl (C=O) groups is 3. The first-order valence-electron chi connectivity index (χ1n) is 3.93. The van der Waals surface area contributed by atoms with E-state index in [1.165, 1.54) is 6.92 Å². The van der Waals surface area contributed by atoms with Gasteiger partial charge < -0.3 is 4.74 Å². The van der Waals surface area contributed by atoms with Crippen LogP contribution in [-0.2, 0) is 19.1 Å². The minimum Gasteiger partial charge on any atom is -0.393 e. The maximum atomic E-state index is 10.8. The van der Waals surface area contributed by atoms with Gasteiger partial charge in [-0.2, -0.15) is 0 Å². The molecule has 0 saturated heterocycles. The van der Waals surface area contributed by atoms with Gasteiger partial charge in [0.2, 0.25) is 0 Å².